The van der Waals surface area contributed by atoms with Gasteiger partial charge in [0.1, 0.15) is 0 Å². The number of nitrogens with one attached hydrogen (secondary N) is 1. The van der Waals surface area contributed by atoms with Crippen LogP contribution in [0.2, 0.25) is 0 Å². The standard InChI is InChI=1S/C13H17N/c1-4-14-13-8-6-5-7-12(13)10-9-11(2)3/h5-10,14H,2,4H2,1,3H3/b10-9-. The van der Waals surface area contributed by atoms with Crippen LogP contribution in [0.25, 0.3) is 6.08 Å². The van der Waals surface area contributed by atoms with Crippen LogP contribution in [-0.2, 0) is 0 Å². The van der Waals surface area contributed by atoms with Gasteiger partial charge in [-0.2, -0.15) is 0 Å². The van der Waals surface area contributed by atoms with Gasteiger partial charge >= 0.3 is 0 Å². The maximum atomic E-state index is 3.84. The molecule has 0 aliphatic carbocycles. The molecule has 0 radical (unpaired) electrons. The second-order valence-corrected chi connectivity index (χ2v) is 3.30. The smallest absolute Gasteiger partial charge is 0.0413 e. The van der Waals surface area contributed by atoms with Crippen LogP contribution >= 0.6 is 0 Å². The Morgan fingerprint density at radius 3 is 2.79 bits per heavy atom. The van der Waals surface area contributed by atoms with Gasteiger partial charge < -0.3 is 5.32 Å². The van der Waals surface area contributed by atoms with Crippen LogP contribution in [0.4, 0.5) is 5.69 Å². The summed E-state index contributed by atoms with van der Waals surface area (Å²) in [4.78, 5) is 0. The molecule has 0 amide bonds. The SMILES string of the molecule is C=C(C)/C=C\c1ccccc1NCC. The molecule has 0 fully saturated rings. The molecule has 0 saturated heterocycles. The van der Waals surface area contributed by atoms with Gasteiger partial charge in [0.2, 0.25) is 0 Å². The monoisotopic (exact) mass is 187 g/mol. The minimum absolute atomic E-state index is 0.942. The van der Waals surface area contributed by atoms with E-state index in [1.165, 1.54) is 11.3 Å². The van der Waals surface area contributed by atoms with Gasteiger partial charge in [0.25, 0.3) is 0 Å². The molecule has 14 heavy (non-hydrogen) atoms. The summed E-state index contributed by atoms with van der Waals surface area (Å²) in [5.41, 5.74) is 3.45. The van der Waals surface area contributed by atoms with E-state index < -0.39 is 0 Å². The van der Waals surface area contributed by atoms with E-state index in [9.17, 15) is 0 Å². The molecule has 1 aromatic rings. The van der Waals surface area contributed by atoms with Gasteiger partial charge in [-0.1, -0.05) is 42.5 Å². The molecule has 1 heteroatoms. The lowest BCUT2D eigenvalue weighted by Gasteiger charge is -2.06. The first-order chi connectivity index (χ1) is 6.74. The third-order valence-corrected chi connectivity index (χ3v) is 1.88. The molecule has 1 N–H and O–H groups in total. The van der Waals surface area contributed by atoms with E-state index in [1.54, 1.807) is 0 Å². The number of hydrogen-bond acceptors (Lipinski definition) is 1. The molecule has 0 saturated carbocycles. The fourth-order valence-corrected chi connectivity index (χ4v) is 1.23. The number of para-hydroxylation sites is 1. The van der Waals surface area contributed by atoms with Crippen molar-refractivity contribution in [2.45, 2.75) is 13.8 Å². The fourth-order valence-electron chi connectivity index (χ4n) is 1.23. The second-order valence-electron chi connectivity index (χ2n) is 3.30. The van der Waals surface area contributed by atoms with Gasteiger partial charge in [-0.15, -0.1) is 0 Å². The first-order valence-electron chi connectivity index (χ1n) is 4.90. The lowest BCUT2D eigenvalue weighted by molar-refractivity contribution is 1.21. The lowest BCUT2D eigenvalue weighted by Crippen LogP contribution is -1.97. The maximum absolute atomic E-state index is 3.84. The lowest BCUT2D eigenvalue weighted by atomic mass is 10.1. The van der Waals surface area contributed by atoms with Crippen molar-refractivity contribution in [2.24, 2.45) is 0 Å². The average Bonchev–Trinajstić information content (AvgIpc) is 2.17. The zero-order chi connectivity index (χ0) is 10.4. The van der Waals surface area contributed by atoms with Crippen molar-refractivity contribution in [2.75, 3.05) is 11.9 Å². The van der Waals surface area contributed by atoms with Crippen molar-refractivity contribution in [3.63, 3.8) is 0 Å². The van der Waals surface area contributed by atoms with Crippen molar-refractivity contribution in [3.8, 4) is 0 Å². The summed E-state index contributed by atoms with van der Waals surface area (Å²) in [6, 6.07) is 8.26. The topological polar surface area (TPSA) is 12.0 Å². The Hall–Kier alpha value is -1.50. The van der Waals surface area contributed by atoms with Crippen LogP contribution in [0.5, 0.6) is 0 Å². The Balaban J connectivity index is 2.89. The Labute approximate surface area is 86.2 Å². The molecule has 1 aromatic carbocycles. The summed E-state index contributed by atoms with van der Waals surface area (Å²) in [5.74, 6) is 0. The zero-order valence-corrected chi connectivity index (χ0v) is 8.88. The second kappa shape index (κ2) is 5.28. The van der Waals surface area contributed by atoms with E-state index in [0.717, 1.165) is 12.1 Å². The van der Waals surface area contributed by atoms with E-state index in [2.05, 4.69) is 37.0 Å². The van der Waals surface area contributed by atoms with Crippen LogP contribution in [0.1, 0.15) is 19.4 Å². The molecule has 74 valence electrons. The molecule has 0 atom stereocenters. The van der Waals surface area contributed by atoms with E-state index in [4.69, 9.17) is 0 Å². The molecule has 0 heterocycles. The summed E-state index contributed by atoms with van der Waals surface area (Å²) in [5, 5.41) is 3.32. The minimum atomic E-state index is 0.942. The highest BCUT2D eigenvalue weighted by Crippen LogP contribution is 2.16. The molecular weight excluding hydrogens is 170 g/mol. The average molecular weight is 187 g/mol. The number of benzene rings is 1. The summed E-state index contributed by atoms with van der Waals surface area (Å²) >= 11 is 0. The quantitative estimate of drug-likeness (QED) is 0.708. The van der Waals surface area contributed by atoms with Crippen molar-refractivity contribution in [3.05, 3.63) is 48.1 Å². The number of rotatable bonds is 4. The summed E-state index contributed by atoms with van der Waals surface area (Å²) in [6.07, 6.45) is 4.11. The van der Waals surface area contributed by atoms with Gasteiger partial charge in [0.15, 0.2) is 0 Å². The zero-order valence-electron chi connectivity index (χ0n) is 8.88. The molecule has 0 unspecified atom stereocenters. The summed E-state index contributed by atoms with van der Waals surface area (Å²) in [6.45, 7) is 8.87. The predicted octanol–water partition coefficient (Wildman–Crippen LogP) is 3.71. The van der Waals surface area contributed by atoms with Crippen molar-refractivity contribution in [1.82, 2.24) is 0 Å². The molecule has 1 rings (SSSR count). The Morgan fingerprint density at radius 1 is 1.43 bits per heavy atom. The molecule has 0 spiro atoms. The first kappa shape index (κ1) is 10.6. The number of allylic oxidation sites excluding steroid dienone is 2. The van der Waals surface area contributed by atoms with Crippen LogP contribution in [0.3, 0.4) is 0 Å². The van der Waals surface area contributed by atoms with Crippen LogP contribution in [0.15, 0.2) is 42.5 Å². The Kier molecular flexibility index (Phi) is 3.99. The molecule has 0 aliphatic heterocycles. The highest BCUT2D eigenvalue weighted by Gasteiger charge is 1.94. The van der Waals surface area contributed by atoms with Crippen molar-refractivity contribution in [1.29, 1.82) is 0 Å². The third kappa shape index (κ3) is 3.09. The van der Waals surface area contributed by atoms with E-state index >= 15 is 0 Å². The third-order valence-electron chi connectivity index (χ3n) is 1.88. The normalized spacial score (nSPS) is 10.4. The molecule has 0 aliphatic rings. The molecular formula is C13H17N. The van der Waals surface area contributed by atoms with E-state index in [1.807, 2.05) is 25.1 Å². The highest BCUT2D eigenvalue weighted by molar-refractivity contribution is 5.67. The maximum Gasteiger partial charge on any atom is 0.0413 e. The Bertz CT molecular complexity index is 337. The van der Waals surface area contributed by atoms with Crippen LogP contribution < -0.4 is 5.32 Å². The minimum Gasteiger partial charge on any atom is -0.385 e. The first-order valence-corrected chi connectivity index (χ1v) is 4.90. The van der Waals surface area contributed by atoms with Crippen molar-refractivity contribution >= 4 is 11.8 Å². The van der Waals surface area contributed by atoms with Crippen LogP contribution in [-0.4, -0.2) is 6.54 Å². The number of anilines is 1. The van der Waals surface area contributed by atoms with Gasteiger partial charge in [0.05, 0.1) is 0 Å². The van der Waals surface area contributed by atoms with Gasteiger partial charge in [-0.3, -0.25) is 0 Å². The van der Waals surface area contributed by atoms with Crippen LogP contribution in [0, 0.1) is 0 Å². The van der Waals surface area contributed by atoms with E-state index in [-0.39, 0.29) is 0 Å². The van der Waals surface area contributed by atoms with Crippen molar-refractivity contribution < 1.29 is 0 Å². The van der Waals surface area contributed by atoms with E-state index in [0.29, 0.717) is 0 Å². The van der Waals surface area contributed by atoms with Gasteiger partial charge in [0, 0.05) is 12.2 Å². The van der Waals surface area contributed by atoms with Gasteiger partial charge in [-0.05, 0) is 25.5 Å². The summed E-state index contributed by atoms with van der Waals surface area (Å²) in [7, 11) is 0. The predicted molar refractivity (Wildman–Crippen MR) is 64.5 cm³/mol. The highest BCUT2D eigenvalue weighted by atomic mass is 14.9. The fraction of sp³-hybridized carbons (Fsp3) is 0.231. The molecule has 1 nitrogen and oxygen atoms in total. The molecule has 0 bridgehead atoms. The number of hydrogen-bond donors (Lipinski definition) is 1. The van der Waals surface area contributed by atoms with Gasteiger partial charge in [-0.25, -0.2) is 0 Å². The Morgan fingerprint density at radius 2 is 2.14 bits per heavy atom. The molecule has 0 aromatic heterocycles. The summed E-state index contributed by atoms with van der Waals surface area (Å²) < 4.78 is 0. The largest absolute Gasteiger partial charge is 0.385 e.